The van der Waals surface area contributed by atoms with Gasteiger partial charge < -0.3 is 18.9 Å². The zero-order chi connectivity index (χ0) is 24.0. The molecule has 1 aliphatic rings. The molecule has 0 bridgehead atoms. The van der Waals surface area contributed by atoms with Gasteiger partial charge in [-0.05, 0) is 43.2 Å². The fourth-order valence-corrected chi connectivity index (χ4v) is 4.92. The van der Waals surface area contributed by atoms with Crippen molar-refractivity contribution in [2.24, 2.45) is 0 Å². The van der Waals surface area contributed by atoms with Crippen molar-refractivity contribution >= 4 is 38.6 Å². The van der Waals surface area contributed by atoms with Gasteiger partial charge in [0.05, 0.1) is 22.7 Å². The Morgan fingerprint density at radius 1 is 1.24 bits per heavy atom. The van der Waals surface area contributed by atoms with Crippen LogP contribution in [0.3, 0.4) is 0 Å². The predicted molar refractivity (Wildman–Crippen MR) is 121 cm³/mol. The van der Waals surface area contributed by atoms with Gasteiger partial charge in [0, 0.05) is 12.5 Å². The number of hydrogen-bond acceptors (Lipinski definition) is 9. The second-order valence-corrected chi connectivity index (χ2v) is 8.84. The fourth-order valence-electron chi connectivity index (χ4n) is 3.76. The molecule has 5 rings (SSSR count). The molecule has 1 aliphatic heterocycles. The summed E-state index contributed by atoms with van der Waals surface area (Å²) in [4.78, 5) is 24.4. The number of carbonyl (C=O) groups is 1. The topological polar surface area (TPSA) is 92.7 Å². The summed E-state index contributed by atoms with van der Waals surface area (Å²) >= 11 is 1.42. The molecule has 0 amide bonds. The van der Waals surface area contributed by atoms with Crippen LogP contribution in [0.5, 0.6) is 17.4 Å². The van der Waals surface area contributed by atoms with Gasteiger partial charge in [0.1, 0.15) is 22.9 Å². The SMILES string of the molecule is CC(=O)OC[C@H]1COc2c(cc(C)c3nc(-c4cc(C)cc5nc(OC(F)F)cnc45)sc23)O1. The van der Waals surface area contributed by atoms with Crippen LogP contribution in [0.4, 0.5) is 8.78 Å². The Labute approximate surface area is 196 Å². The van der Waals surface area contributed by atoms with E-state index >= 15 is 0 Å². The number of aryl methyl sites for hydroxylation is 2. The van der Waals surface area contributed by atoms with Crippen LogP contribution in [-0.4, -0.2) is 46.9 Å². The Hall–Kier alpha value is -3.60. The van der Waals surface area contributed by atoms with Crippen molar-refractivity contribution in [1.29, 1.82) is 0 Å². The Kier molecular flexibility index (Phi) is 5.64. The van der Waals surface area contributed by atoms with Crippen LogP contribution >= 0.6 is 11.3 Å². The molecular formula is C23H19F2N3O5S. The van der Waals surface area contributed by atoms with Gasteiger partial charge in [0.25, 0.3) is 0 Å². The molecule has 0 aliphatic carbocycles. The Bertz CT molecular complexity index is 1430. The summed E-state index contributed by atoms with van der Waals surface area (Å²) in [5.74, 6) is 0.516. The second-order valence-electron chi connectivity index (χ2n) is 7.84. The number of esters is 1. The number of nitrogens with zero attached hydrogens (tertiary/aromatic N) is 3. The molecule has 2 aromatic heterocycles. The van der Waals surface area contributed by atoms with Gasteiger partial charge in [-0.1, -0.05) is 0 Å². The van der Waals surface area contributed by atoms with Crippen molar-refractivity contribution in [3.63, 3.8) is 0 Å². The molecule has 0 spiro atoms. The number of benzene rings is 2. The molecule has 3 heterocycles. The standard InChI is InChI=1S/C23H19F2N3O5S/c1-10-4-14(19-15(5-10)27-17(7-26-19)33-23(24)25)22-28-18-11(2)6-16-20(21(18)34-22)31-9-13(32-16)8-30-12(3)29/h4-7,13,23H,8-9H2,1-3H3/t13-/m0/s1. The molecule has 1 atom stereocenters. The number of alkyl halides is 2. The van der Waals surface area contributed by atoms with E-state index < -0.39 is 12.7 Å². The maximum atomic E-state index is 12.6. The van der Waals surface area contributed by atoms with Crippen LogP contribution in [-0.2, 0) is 9.53 Å². The van der Waals surface area contributed by atoms with E-state index in [4.69, 9.17) is 19.2 Å². The molecule has 176 valence electrons. The highest BCUT2D eigenvalue weighted by Gasteiger charge is 2.27. The summed E-state index contributed by atoms with van der Waals surface area (Å²) in [6.07, 6.45) is 0.773. The van der Waals surface area contributed by atoms with E-state index in [1.54, 1.807) is 6.07 Å². The highest BCUT2D eigenvalue weighted by Crippen LogP contribution is 2.46. The molecule has 8 nitrogen and oxygen atoms in total. The predicted octanol–water partition coefficient (Wildman–Crippen LogP) is 4.83. The number of ether oxygens (including phenoxy) is 4. The van der Waals surface area contributed by atoms with E-state index in [1.165, 1.54) is 24.5 Å². The van der Waals surface area contributed by atoms with Crippen LogP contribution in [0.15, 0.2) is 24.4 Å². The van der Waals surface area contributed by atoms with E-state index in [0.29, 0.717) is 27.5 Å². The molecular weight excluding hydrogens is 468 g/mol. The normalized spacial score (nSPS) is 15.2. The van der Waals surface area contributed by atoms with Crippen LogP contribution in [0.2, 0.25) is 0 Å². The molecule has 11 heteroatoms. The van der Waals surface area contributed by atoms with Crippen LogP contribution in [0.1, 0.15) is 18.1 Å². The number of rotatable bonds is 5. The molecule has 0 unspecified atom stereocenters. The maximum Gasteiger partial charge on any atom is 0.388 e. The highest BCUT2D eigenvalue weighted by molar-refractivity contribution is 7.22. The third-order valence-electron chi connectivity index (χ3n) is 5.17. The molecule has 0 N–H and O–H groups in total. The Balaban J connectivity index is 1.57. The fraction of sp³-hybridized carbons (Fsp3) is 0.304. The summed E-state index contributed by atoms with van der Waals surface area (Å²) in [6.45, 7) is 2.50. The molecule has 0 fully saturated rings. The van der Waals surface area contributed by atoms with Crippen LogP contribution in [0.25, 0.3) is 31.8 Å². The zero-order valence-corrected chi connectivity index (χ0v) is 19.2. The van der Waals surface area contributed by atoms with Gasteiger partial charge in [-0.25, -0.2) is 15.0 Å². The van der Waals surface area contributed by atoms with Crippen molar-refractivity contribution in [2.45, 2.75) is 33.5 Å². The Morgan fingerprint density at radius 2 is 2.06 bits per heavy atom. The molecule has 0 radical (unpaired) electrons. The quantitative estimate of drug-likeness (QED) is 0.370. The van der Waals surface area contributed by atoms with E-state index in [9.17, 15) is 13.6 Å². The monoisotopic (exact) mass is 487 g/mol. The Morgan fingerprint density at radius 3 is 2.82 bits per heavy atom. The minimum atomic E-state index is -2.98. The van der Waals surface area contributed by atoms with E-state index in [1.807, 2.05) is 26.0 Å². The summed E-state index contributed by atoms with van der Waals surface area (Å²) in [5, 5.41) is 0.683. The van der Waals surface area contributed by atoms with Gasteiger partial charge >= 0.3 is 12.6 Å². The van der Waals surface area contributed by atoms with Crippen LogP contribution in [0, 0.1) is 13.8 Å². The van der Waals surface area contributed by atoms with Gasteiger partial charge in [-0.15, -0.1) is 11.3 Å². The molecule has 2 aromatic carbocycles. The smallest absolute Gasteiger partial charge is 0.388 e. The van der Waals surface area contributed by atoms with Crippen LogP contribution < -0.4 is 14.2 Å². The number of hydrogen-bond donors (Lipinski definition) is 0. The highest BCUT2D eigenvalue weighted by atomic mass is 32.1. The average molecular weight is 487 g/mol. The zero-order valence-electron chi connectivity index (χ0n) is 18.4. The number of halogens is 2. The second kappa shape index (κ2) is 8.64. The first-order valence-corrected chi connectivity index (χ1v) is 11.2. The largest absolute Gasteiger partial charge is 0.484 e. The summed E-state index contributed by atoms with van der Waals surface area (Å²) in [7, 11) is 0. The first-order chi connectivity index (χ1) is 16.3. The van der Waals surface area contributed by atoms with E-state index in [2.05, 4.69) is 14.7 Å². The number of fused-ring (bicyclic) bond motifs is 4. The molecule has 0 saturated heterocycles. The number of thiazole rings is 1. The minimum absolute atomic E-state index is 0.102. The summed E-state index contributed by atoms with van der Waals surface area (Å²) in [6, 6.07) is 5.53. The third kappa shape index (κ3) is 4.18. The summed E-state index contributed by atoms with van der Waals surface area (Å²) in [5.41, 5.74) is 4.21. The lowest BCUT2D eigenvalue weighted by atomic mass is 10.1. The maximum absolute atomic E-state index is 12.6. The van der Waals surface area contributed by atoms with Crippen molar-refractivity contribution in [1.82, 2.24) is 15.0 Å². The summed E-state index contributed by atoms with van der Waals surface area (Å²) < 4.78 is 47.4. The van der Waals surface area contributed by atoms with Gasteiger partial charge in [0.15, 0.2) is 17.6 Å². The van der Waals surface area contributed by atoms with Crippen molar-refractivity contribution < 1.29 is 32.5 Å². The third-order valence-corrected chi connectivity index (χ3v) is 6.25. The first-order valence-electron chi connectivity index (χ1n) is 10.4. The van der Waals surface area contributed by atoms with E-state index in [0.717, 1.165) is 26.9 Å². The first kappa shape index (κ1) is 22.2. The van der Waals surface area contributed by atoms with Crippen molar-refractivity contribution in [2.75, 3.05) is 13.2 Å². The lowest BCUT2D eigenvalue weighted by Gasteiger charge is -2.26. The molecule has 4 aromatic rings. The van der Waals surface area contributed by atoms with Gasteiger partial charge in [-0.2, -0.15) is 8.78 Å². The number of aromatic nitrogens is 3. The molecule has 0 saturated carbocycles. The van der Waals surface area contributed by atoms with Crippen molar-refractivity contribution in [3.8, 4) is 28.0 Å². The van der Waals surface area contributed by atoms with E-state index in [-0.39, 0.29) is 25.1 Å². The van der Waals surface area contributed by atoms with Gasteiger partial charge in [0.2, 0.25) is 5.88 Å². The lowest BCUT2D eigenvalue weighted by molar-refractivity contribution is -0.144. The molecule has 34 heavy (non-hydrogen) atoms. The average Bonchev–Trinajstić information content (AvgIpc) is 3.22. The minimum Gasteiger partial charge on any atom is -0.484 e. The van der Waals surface area contributed by atoms with Crippen molar-refractivity contribution in [3.05, 3.63) is 35.5 Å². The number of carbonyl (C=O) groups excluding carboxylic acids is 1. The lowest BCUT2D eigenvalue weighted by Crippen LogP contribution is -2.34. The van der Waals surface area contributed by atoms with Gasteiger partial charge in [-0.3, -0.25) is 4.79 Å².